The summed E-state index contributed by atoms with van der Waals surface area (Å²) in [5.74, 6) is 0.854. The van der Waals surface area contributed by atoms with Crippen LogP contribution in [0, 0.1) is 6.92 Å². The fraction of sp³-hybridized carbons (Fsp3) is 0.600. The predicted octanol–water partition coefficient (Wildman–Crippen LogP) is 2.63. The number of nitrogens with zero attached hydrogens (tertiary/aromatic N) is 1. The van der Waals surface area contributed by atoms with Crippen molar-refractivity contribution in [2.24, 2.45) is 0 Å². The third-order valence-electron chi connectivity index (χ3n) is 5.50. The monoisotopic (exact) mass is 380 g/mol. The molecule has 1 aromatic rings. The second-order valence-corrected chi connectivity index (χ2v) is 7.87. The lowest BCUT2D eigenvalue weighted by Crippen LogP contribution is -2.59. The zero-order valence-electron chi connectivity index (χ0n) is 16.0. The van der Waals surface area contributed by atoms with Crippen molar-refractivity contribution in [2.45, 2.75) is 57.1 Å². The first-order valence-corrected chi connectivity index (χ1v) is 9.06. The van der Waals surface area contributed by atoms with Gasteiger partial charge in [0.25, 0.3) is 0 Å². The van der Waals surface area contributed by atoms with E-state index in [-0.39, 0.29) is 35.6 Å². The number of amides is 1. The standard InChI is InChI=1S/C20H28N2O3.ClH/c1-13-7-8-16-14(12-13)20(2)10-9-15(23)18(19(20)25-16)21-17(24)6-5-11-22(3)4;/h7-8,12,18-19H,5-6,9-11H2,1-4H3,(H,21,24);1H/t18-,19-,20-;/m0./s1. The molecule has 3 atom stereocenters. The maximum atomic E-state index is 12.5. The van der Waals surface area contributed by atoms with E-state index in [2.05, 4.69) is 30.1 Å². The van der Waals surface area contributed by atoms with Gasteiger partial charge in [0, 0.05) is 23.8 Å². The molecule has 1 N–H and O–H groups in total. The number of hydrogen-bond donors (Lipinski definition) is 1. The normalized spacial score (nSPS) is 26.6. The van der Waals surface area contributed by atoms with Crippen molar-refractivity contribution in [1.29, 1.82) is 0 Å². The molecular weight excluding hydrogens is 352 g/mol. The van der Waals surface area contributed by atoms with Crippen LogP contribution in [0.25, 0.3) is 0 Å². The summed E-state index contributed by atoms with van der Waals surface area (Å²) >= 11 is 0. The van der Waals surface area contributed by atoms with Crippen LogP contribution in [-0.4, -0.2) is 49.4 Å². The minimum Gasteiger partial charge on any atom is -0.487 e. The summed E-state index contributed by atoms with van der Waals surface area (Å²) in [6, 6.07) is 5.60. The van der Waals surface area contributed by atoms with Gasteiger partial charge in [-0.2, -0.15) is 0 Å². The van der Waals surface area contributed by atoms with Gasteiger partial charge in [0.2, 0.25) is 5.91 Å². The molecule has 0 spiro atoms. The molecule has 1 aliphatic heterocycles. The number of Topliss-reactive ketones (excluding diaryl/α,β-unsaturated/α-hetero) is 1. The highest BCUT2D eigenvalue weighted by atomic mass is 35.5. The number of halogens is 1. The van der Waals surface area contributed by atoms with E-state index in [1.54, 1.807) is 0 Å². The van der Waals surface area contributed by atoms with Crippen molar-refractivity contribution < 1.29 is 14.3 Å². The minimum absolute atomic E-state index is 0. The van der Waals surface area contributed by atoms with Crippen LogP contribution in [0.1, 0.15) is 43.7 Å². The van der Waals surface area contributed by atoms with E-state index >= 15 is 0 Å². The summed E-state index contributed by atoms with van der Waals surface area (Å²) in [5.41, 5.74) is 2.12. The molecule has 1 amide bonds. The van der Waals surface area contributed by atoms with Crippen LogP contribution in [0.3, 0.4) is 0 Å². The van der Waals surface area contributed by atoms with Crippen LogP contribution < -0.4 is 10.1 Å². The molecule has 3 rings (SSSR count). The number of carbonyl (C=O) groups is 2. The maximum Gasteiger partial charge on any atom is 0.220 e. The fourth-order valence-corrected chi connectivity index (χ4v) is 3.99. The Bertz CT molecular complexity index is 692. The van der Waals surface area contributed by atoms with Gasteiger partial charge in [-0.05, 0) is 46.5 Å². The highest BCUT2D eigenvalue weighted by Gasteiger charge is 2.54. The summed E-state index contributed by atoms with van der Waals surface area (Å²) < 4.78 is 6.15. The summed E-state index contributed by atoms with van der Waals surface area (Å²) in [6.07, 6.45) is 2.13. The van der Waals surface area contributed by atoms with Gasteiger partial charge in [0.1, 0.15) is 17.9 Å². The van der Waals surface area contributed by atoms with E-state index in [9.17, 15) is 9.59 Å². The molecule has 0 unspecified atom stereocenters. The van der Waals surface area contributed by atoms with Gasteiger partial charge in [-0.15, -0.1) is 12.4 Å². The highest BCUT2D eigenvalue weighted by molar-refractivity contribution is 5.91. The van der Waals surface area contributed by atoms with Crippen LogP contribution in [0.15, 0.2) is 18.2 Å². The molecule has 1 fully saturated rings. The molecule has 1 aliphatic carbocycles. The first kappa shape index (κ1) is 20.7. The van der Waals surface area contributed by atoms with Crippen LogP contribution in [0.2, 0.25) is 0 Å². The van der Waals surface area contributed by atoms with E-state index < -0.39 is 6.04 Å². The first-order valence-electron chi connectivity index (χ1n) is 9.06. The number of aryl methyl sites for hydroxylation is 1. The quantitative estimate of drug-likeness (QED) is 0.853. The van der Waals surface area contributed by atoms with Crippen LogP contribution in [0.4, 0.5) is 0 Å². The Morgan fingerprint density at radius 3 is 2.81 bits per heavy atom. The lowest BCUT2D eigenvalue weighted by atomic mass is 9.67. The maximum absolute atomic E-state index is 12.5. The lowest BCUT2D eigenvalue weighted by Gasteiger charge is -2.39. The molecular formula is C20H29ClN2O3. The van der Waals surface area contributed by atoms with Crippen LogP contribution >= 0.6 is 12.4 Å². The van der Waals surface area contributed by atoms with Gasteiger partial charge in [0.05, 0.1) is 0 Å². The van der Waals surface area contributed by atoms with Gasteiger partial charge in [-0.3, -0.25) is 9.59 Å². The summed E-state index contributed by atoms with van der Waals surface area (Å²) in [7, 11) is 3.97. The number of rotatable bonds is 5. The van der Waals surface area contributed by atoms with E-state index in [4.69, 9.17) is 4.74 Å². The van der Waals surface area contributed by atoms with Gasteiger partial charge in [0.15, 0.2) is 5.78 Å². The van der Waals surface area contributed by atoms with Gasteiger partial charge in [-0.25, -0.2) is 0 Å². The Morgan fingerprint density at radius 1 is 1.38 bits per heavy atom. The first-order chi connectivity index (χ1) is 11.8. The lowest BCUT2D eigenvalue weighted by molar-refractivity contribution is -0.133. The largest absolute Gasteiger partial charge is 0.487 e. The Kier molecular flexibility index (Phi) is 6.35. The molecule has 2 aliphatic rings. The number of ether oxygens (including phenoxy) is 1. The Labute approximate surface area is 161 Å². The van der Waals surface area contributed by atoms with Gasteiger partial charge >= 0.3 is 0 Å². The van der Waals surface area contributed by atoms with Crippen molar-refractivity contribution in [3.8, 4) is 5.75 Å². The topological polar surface area (TPSA) is 58.6 Å². The second kappa shape index (κ2) is 7.97. The Morgan fingerprint density at radius 2 is 2.12 bits per heavy atom. The van der Waals surface area contributed by atoms with Crippen molar-refractivity contribution in [3.63, 3.8) is 0 Å². The molecule has 1 heterocycles. The number of ketones is 1. The smallest absolute Gasteiger partial charge is 0.220 e. The average molecular weight is 381 g/mol. The number of fused-ring (bicyclic) bond motifs is 3. The molecule has 5 nitrogen and oxygen atoms in total. The zero-order chi connectivity index (χ0) is 18.2. The van der Waals surface area contributed by atoms with Crippen LogP contribution in [-0.2, 0) is 15.0 Å². The number of benzene rings is 1. The SMILES string of the molecule is Cc1ccc2c(c1)[C@]1(C)CCC(=O)[C@H](NC(=O)CCCN(C)C)[C@@H]1O2.Cl. The molecule has 1 saturated carbocycles. The number of carbonyl (C=O) groups excluding carboxylic acids is 2. The molecule has 1 aromatic carbocycles. The predicted molar refractivity (Wildman–Crippen MR) is 104 cm³/mol. The van der Waals surface area contributed by atoms with E-state index in [1.165, 1.54) is 5.56 Å². The number of hydrogen-bond acceptors (Lipinski definition) is 4. The Hall–Kier alpha value is -1.59. The molecule has 0 aromatic heterocycles. The van der Waals surface area contributed by atoms with Crippen molar-refractivity contribution in [3.05, 3.63) is 29.3 Å². The second-order valence-electron chi connectivity index (χ2n) is 7.87. The molecule has 6 heteroatoms. The average Bonchev–Trinajstić information content (AvgIpc) is 2.83. The van der Waals surface area contributed by atoms with E-state index in [0.717, 1.165) is 30.7 Å². The highest BCUT2D eigenvalue weighted by Crippen LogP contribution is 2.49. The van der Waals surface area contributed by atoms with Gasteiger partial charge in [-0.1, -0.05) is 24.6 Å². The summed E-state index contributed by atoms with van der Waals surface area (Å²) in [6.45, 7) is 5.07. The molecule has 0 bridgehead atoms. The molecule has 26 heavy (non-hydrogen) atoms. The van der Waals surface area contributed by atoms with Crippen molar-refractivity contribution in [1.82, 2.24) is 10.2 Å². The van der Waals surface area contributed by atoms with Gasteiger partial charge < -0.3 is 15.0 Å². The van der Waals surface area contributed by atoms with Crippen LogP contribution in [0.5, 0.6) is 5.75 Å². The fourth-order valence-electron chi connectivity index (χ4n) is 3.99. The minimum atomic E-state index is -0.557. The third kappa shape index (κ3) is 3.89. The third-order valence-corrected chi connectivity index (χ3v) is 5.50. The van der Waals surface area contributed by atoms with Crippen molar-refractivity contribution in [2.75, 3.05) is 20.6 Å². The molecule has 144 valence electrons. The van der Waals surface area contributed by atoms with E-state index in [1.807, 2.05) is 26.2 Å². The molecule has 0 saturated heterocycles. The summed E-state index contributed by atoms with van der Waals surface area (Å²) in [5, 5.41) is 2.96. The zero-order valence-corrected chi connectivity index (χ0v) is 16.8. The summed E-state index contributed by atoms with van der Waals surface area (Å²) in [4.78, 5) is 26.9. The molecule has 0 radical (unpaired) electrons. The van der Waals surface area contributed by atoms with E-state index in [0.29, 0.717) is 12.8 Å². The number of nitrogens with one attached hydrogen (secondary N) is 1. The Balaban J connectivity index is 0.00000243. The van der Waals surface area contributed by atoms with Crippen molar-refractivity contribution >= 4 is 24.1 Å².